The second-order valence-electron chi connectivity index (χ2n) is 2.55. The molecule has 1 aromatic heterocycles. The molecule has 1 atom stereocenters. The monoisotopic (exact) mass is 259 g/mol. The quantitative estimate of drug-likeness (QED) is 0.800. The van der Waals surface area contributed by atoms with Gasteiger partial charge in [-0.1, -0.05) is 18.2 Å². The summed E-state index contributed by atoms with van der Waals surface area (Å²) in [6.45, 7) is 0. The van der Waals surface area contributed by atoms with E-state index in [0.717, 1.165) is 15.4 Å². The Balaban J connectivity index is 2.85. The van der Waals surface area contributed by atoms with Crippen LogP contribution in [-0.4, -0.2) is 12.7 Å². The molecule has 2 rings (SSSR count). The molecule has 1 N–H and O–H groups in total. The minimum Gasteiger partial charge on any atom is -0.289 e. The SMILES string of the molecule is O=S(O)n1cc(Br)c2ccccc21. The predicted molar refractivity (Wildman–Crippen MR) is 55.8 cm³/mol. The number of halogens is 1. The van der Waals surface area contributed by atoms with Gasteiger partial charge in [0.2, 0.25) is 0 Å². The molecule has 0 radical (unpaired) electrons. The zero-order chi connectivity index (χ0) is 9.42. The minimum absolute atomic E-state index is 0.746. The molecule has 1 unspecified atom stereocenters. The fraction of sp³-hybridized carbons (Fsp3) is 0. The van der Waals surface area contributed by atoms with Gasteiger partial charge in [-0.3, -0.25) is 4.55 Å². The van der Waals surface area contributed by atoms with Crippen molar-refractivity contribution >= 4 is 38.1 Å². The molecule has 0 aliphatic heterocycles. The highest BCUT2D eigenvalue weighted by molar-refractivity contribution is 9.10. The Bertz CT molecular complexity index is 480. The molecule has 2 aromatic rings. The number of hydrogen-bond donors (Lipinski definition) is 1. The first-order valence-electron chi connectivity index (χ1n) is 3.57. The lowest BCUT2D eigenvalue weighted by Crippen LogP contribution is -1.99. The van der Waals surface area contributed by atoms with Crippen molar-refractivity contribution in [1.82, 2.24) is 3.97 Å². The number of fused-ring (bicyclic) bond motifs is 1. The molecule has 1 heterocycles. The number of benzene rings is 1. The van der Waals surface area contributed by atoms with Crippen LogP contribution in [0.4, 0.5) is 0 Å². The molecule has 0 spiro atoms. The van der Waals surface area contributed by atoms with Crippen LogP contribution in [0, 0.1) is 0 Å². The number of aromatic nitrogens is 1. The van der Waals surface area contributed by atoms with Crippen molar-refractivity contribution in [2.75, 3.05) is 0 Å². The van der Waals surface area contributed by atoms with Crippen LogP contribution in [0.3, 0.4) is 0 Å². The van der Waals surface area contributed by atoms with E-state index in [-0.39, 0.29) is 0 Å². The standard InChI is InChI=1S/C8H6BrNO2S/c9-7-5-10(13(11)12)8-4-2-1-3-6(7)8/h1-5H,(H,11,12). The molecular formula is C8H6BrNO2S. The van der Waals surface area contributed by atoms with Crippen LogP contribution >= 0.6 is 15.9 Å². The van der Waals surface area contributed by atoms with Crippen LogP contribution in [0.1, 0.15) is 0 Å². The van der Waals surface area contributed by atoms with Gasteiger partial charge < -0.3 is 0 Å². The van der Waals surface area contributed by atoms with E-state index in [0.29, 0.717) is 0 Å². The molecule has 0 saturated heterocycles. The fourth-order valence-corrected chi connectivity index (χ4v) is 2.44. The third-order valence-electron chi connectivity index (χ3n) is 1.80. The summed E-state index contributed by atoms with van der Waals surface area (Å²) in [5.41, 5.74) is 0.746. The first kappa shape index (κ1) is 8.93. The molecule has 5 heteroatoms. The highest BCUT2D eigenvalue weighted by Gasteiger charge is 2.07. The van der Waals surface area contributed by atoms with E-state index in [9.17, 15) is 4.21 Å². The Kier molecular flexibility index (Phi) is 2.23. The topological polar surface area (TPSA) is 42.2 Å². The lowest BCUT2D eigenvalue weighted by molar-refractivity contribution is 0.556. The smallest absolute Gasteiger partial charge is 0.266 e. The summed E-state index contributed by atoms with van der Waals surface area (Å²) >= 11 is 1.32. The molecule has 0 bridgehead atoms. The van der Waals surface area contributed by atoms with E-state index in [1.807, 2.05) is 18.2 Å². The number of rotatable bonds is 1. The third kappa shape index (κ3) is 1.43. The molecule has 0 amide bonds. The molecule has 0 saturated carbocycles. The number of para-hydroxylation sites is 1. The second-order valence-corrected chi connectivity index (χ2v) is 4.26. The maximum Gasteiger partial charge on any atom is 0.266 e. The highest BCUT2D eigenvalue weighted by atomic mass is 79.9. The summed E-state index contributed by atoms with van der Waals surface area (Å²) in [4.78, 5) is 0. The minimum atomic E-state index is -2.00. The van der Waals surface area contributed by atoms with E-state index >= 15 is 0 Å². The number of nitrogens with zero attached hydrogens (tertiary/aromatic N) is 1. The lowest BCUT2D eigenvalue weighted by Gasteiger charge is -1.95. The largest absolute Gasteiger partial charge is 0.289 e. The molecule has 68 valence electrons. The van der Waals surface area contributed by atoms with E-state index in [1.54, 1.807) is 12.3 Å². The molecule has 0 aliphatic rings. The van der Waals surface area contributed by atoms with Gasteiger partial charge in [-0.25, -0.2) is 8.18 Å². The molecular weight excluding hydrogens is 254 g/mol. The Morgan fingerprint density at radius 3 is 2.77 bits per heavy atom. The average Bonchev–Trinajstić information content (AvgIpc) is 2.45. The van der Waals surface area contributed by atoms with E-state index in [4.69, 9.17) is 4.55 Å². The predicted octanol–water partition coefficient (Wildman–Crippen LogP) is 2.39. The maximum absolute atomic E-state index is 10.9. The van der Waals surface area contributed by atoms with E-state index < -0.39 is 11.3 Å². The van der Waals surface area contributed by atoms with Crippen molar-refractivity contribution in [1.29, 1.82) is 0 Å². The van der Waals surface area contributed by atoms with Crippen LogP contribution in [-0.2, 0) is 11.3 Å². The van der Waals surface area contributed by atoms with Crippen molar-refractivity contribution in [3.05, 3.63) is 34.9 Å². The van der Waals surface area contributed by atoms with Crippen LogP contribution in [0.15, 0.2) is 34.9 Å². The highest BCUT2D eigenvalue weighted by Crippen LogP contribution is 2.25. The van der Waals surface area contributed by atoms with Gasteiger partial charge in [0.15, 0.2) is 0 Å². The second kappa shape index (κ2) is 3.25. The summed E-state index contributed by atoms with van der Waals surface area (Å²) in [5.74, 6) is 0. The lowest BCUT2D eigenvalue weighted by atomic mass is 10.3. The van der Waals surface area contributed by atoms with Crippen molar-refractivity contribution in [3.8, 4) is 0 Å². The van der Waals surface area contributed by atoms with Gasteiger partial charge >= 0.3 is 0 Å². The molecule has 3 nitrogen and oxygen atoms in total. The Morgan fingerprint density at radius 2 is 2.08 bits per heavy atom. The van der Waals surface area contributed by atoms with E-state index in [1.165, 1.54) is 3.97 Å². The summed E-state index contributed by atoms with van der Waals surface area (Å²) in [6.07, 6.45) is 1.60. The summed E-state index contributed by atoms with van der Waals surface area (Å²) in [7, 11) is 0. The number of hydrogen-bond acceptors (Lipinski definition) is 1. The van der Waals surface area contributed by atoms with Gasteiger partial charge in [0.05, 0.1) is 5.52 Å². The van der Waals surface area contributed by atoms with Crippen LogP contribution < -0.4 is 0 Å². The molecule has 0 aliphatic carbocycles. The van der Waals surface area contributed by atoms with Gasteiger partial charge in [0, 0.05) is 16.1 Å². The van der Waals surface area contributed by atoms with Gasteiger partial charge in [0.25, 0.3) is 11.3 Å². The maximum atomic E-state index is 10.9. The molecule has 0 fully saturated rings. The molecule has 13 heavy (non-hydrogen) atoms. The normalized spacial score (nSPS) is 13.4. The third-order valence-corrected chi connectivity index (χ3v) is 3.07. The fourth-order valence-electron chi connectivity index (χ4n) is 1.24. The van der Waals surface area contributed by atoms with Crippen LogP contribution in [0.5, 0.6) is 0 Å². The summed E-state index contributed by atoms with van der Waals surface area (Å²) in [5, 5.41) is 0.935. The zero-order valence-corrected chi connectivity index (χ0v) is 8.88. The summed E-state index contributed by atoms with van der Waals surface area (Å²) < 4.78 is 22.0. The van der Waals surface area contributed by atoms with Crippen molar-refractivity contribution in [2.24, 2.45) is 0 Å². The summed E-state index contributed by atoms with van der Waals surface area (Å²) in [6, 6.07) is 7.41. The first-order chi connectivity index (χ1) is 6.20. The Hall–Kier alpha value is -0.650. The average molecular weight is 260 g/mol. The van der Waals surface area contributed by atoms with Crippen molar-refractivity contribution in [2.45, 2.75) is 0 Å². The van der Waals surface area contributed by atoms with Crippen molar-refractivity contribution < 1.29 is 8.76 Å². The zero-order valence-electron chi connectivity index (χ0n) is 6.48. The van der Waals surface area contributed by atoms with Gasteiger partial charge in [0.1, 0.15) is 0 Å². The van der Waals surface area contributed by atoms with Gasteiger partial charge in [-0.05, 0) is 22.0 Å². The van der Waals surface area contributed by atoms with Gasteiger partial charge in [-0.15, -0.1) is 0 Å². The van der Waals surface area contributed by atoms with E-state index in [2.05, 4.69) is 15.9 Å². The van der Waals surface area contributed by atoms with Crippen LogP contribution in [0.25, 0.3) is 10.9 Å². The van der Waals surface area contributed by atoms with Crippen molar-refractivity contribution in [3.63, 3.8) is 0 Å². The van der Waals surface area contributed by atoms with Crippen LogP contribution in [0.2, 0.25) is 0 Å². The Labute approximate surface area is 85.9 Å². The molecule has 1 aromatic carbocycles. The Morgan fingerprint density at radius 1 is 1.38 bits per heavy atom. The first-order valence-corrected chi connectivity index (χ1v) is 5.43. The van der Waals surface area contributed by atoms with Gasteiger partial charge in [-0.2, -0.15) is 0 Å².